The van der Waals surface area contributed by atoms with Crippen LogP contribution in [0.15, 0.2) is 59.7 Å². The highest BCUT2D eigenvalue weighted by molar-refractivity contribution is 8.21. The van der Waals surface area contributed by atoms with E-state index in [1.807, 2.05) is 42.6 Å². The fourth-order valence-electron chi connectivity index (χ4n) is 5.75. The lowest BCUT2D eigenvalue weighted by Gasteiger charge is -2.36. The first-order valence-electron chi connectivity index (χ1n) is 15.1. The standard InChI is InChI=1S/C31H41N9O3S/c1-39(44(2,42)43)15-16-40-29-23(17-27(30(40)41)28-8-3-21(19-34-28)22-9-12-33-18-22)20-35-31(38-29)37-25-6-4-24(5-7-25)36-26-10-13-32-14-11-26/h3-8,17,19-20,22,26,32-33,36,42-43H,9-16,18H2,1-2H3,(H,35,37,38). The number of aromatic nitrogens is 4. The maximum absolute atomic E-state index is 13.9. The van der Waals surface area contributed by atoms with Gasteiger partial charge in [0.15, 0.2) is 0 Å². The third-order valence-electron chi connectivity index (χ3n) is 8.50. The van der Waals surface area contributed by atoms with E-state index in [-0.39, 0.29) is 18.6 Å². The van der Waals surface area contributed by atoms with Crippen molar-refractivity contribution in [3.63, 3.8) is 0 Å². The SMILES string of the molecule is CN(CCn1c(=O)c(-c2ccc(C3CCNC3)cn2)cc2cnc(Nc3ccc(NC4CCNCC4)cc3)nc21)S(C)(O)O. The summed E-state index contributed by atoms with van der Waals surface area (Å²) in [4.78, 5) is 27.9. The van der Waals surface area contributed by atoms with E-state index in [0.717, 1.165) is 62.4 Å². The van der Waals surface area contributed by atoms with Gasteiger partial charge in [-0.05, 0) is 86.8 Å². The molecule has 0 bridgehead atoms. The van der Waals surface area contributed by atoms with Gasteiger partial charge in [0.1, 0.15) is 5.65 Å². The fraction of sp³-hybridized carbons (Fsp3) is 0.419. The lowest BCUT2D eigenvalue weighted by Crippen LogP contribution is -2.35. The molecule has 0 amide bonds. The maximum Gasteiger partial charge on any atom is 0.261 e. The van der Waals surface area contributed by atoms with Gasteiger partial charge in [0.2, 0.25) is 5.95 Å². The maximum atomic E-state index is 13.9. The number of piperidine rings is 1. The Morgan fingerprint density at radius 2 is 1.75 bits per heavy atom. The minimum absolute atomic E-state index is 0.197. The van der Waals surface area contributed by atoms with Crippen LogP contribution in [-0.2, 0) is 6.54 Å². The monoisotopic (exact) mass is 619 g/mol. The van der Waals surface area contributed by atoms with Crippen LogP contribution in [0.2, 0.25) is 0 Å². The van der Waals surface area contributed by atoms with Crippen molar-refractivity contribution in [2.75, 3.05) is 56.7 Å². The van der Waals surface area contributed by atoms with Gasteiger partial charge in [-0.15, -0.1) is 10.8 Å². The number of pyridine rings is 2. The summed E-state index contributed by atoms with van der Waals surface area (Å²) in [7, 11) is -1.31. The third-order valence-corrected chi connectivity index (χ3v) is 9.86. The smallest absolute Gasteiger partial charge is 0.261 e. The summed E-state index contributed by atoms with van der Waals surface area (Å²) >= 11 is 0. The quantitative estimate of drug-likeness (QED) is 0.152. The Labute approximate surface area is 258 Å². The molecule has 234 valence electrons. The molecule has 0 radical (unpaired) electrons. The van der Waals surface area contributed by atoms with Gasteiger partial charge in [-0.2, -0.15) is 4.98 Å². The molecule has 1 aromatic carbocycles. The number of nitrogens with zero attached hydrogens (tertiary/aromatic N) is 5. The van der Waals surface area contributed by atoms with Crippen molar-refractivity contribution in [2.24, 2.45) is 0 Å². The molecule has 6 N–H and O–H groups in total. The summed E-state index contributed by atoms with van der Waals surface area (Å²) in [6.45, 7) is 4.42. The molecule has 6 rings (SSSR count). The minimum Gasteiger partial charge on any atom is -0.382 e. The van der Waals surface area contributed by atoms with Crippen molar-refractivity contribution in [2.45, 2.75) is 37.8 Å². The van der Waals surface area contributed by atoms with E-state index in [1.54, 1.807) is 23.9 Å². The fourth-order valence-corrected chi connectivity index (χ4v) is 6.18. The predicted octanol–water partition coefficient (Wildman–Crippen LogP) is 4.07. The summed E-state index contributed by atoms with van der Waals surface area (Å²) in [5.41, 5.74) is 4.27. The van der Waals surface area contributed by atoms with E-state index in [9.17, 15) is 13.9 Å². The van der Waals surface area contributed by atoms with Gasteiger partial charge in [0, 0.05) is 68.1 Å². The van der Waals surface area contributed by atoms with Crippen molar-refractivity contribution in [1.82, 2.24) is 34.5 Å². The van der Waals surface area contributed by atoms with Gasteiger partial charge >= 0.3 is 0 Å². The highest BCUT2D eigenvalue weighted by Gasteiger charge is 2.20. The molecule has 2 aliphatic rings. The van der Waals surface area contributed by atoms with Crippen LogP contribution in [0, 0.1) is 0 Å². The third kappa shape index (κ3) is 7.04. The van der Waals surface area contributed by atoms with E-state index in [0.29, 0.717) is 40.2 Å². The first-order chi connectivity index (χ1) is 21.2. The summed E-state index contributed by atoms with van der Waals surface area (Å²) in [6, 6.07) is 14.2. The average molecular weight is 620 g/mol. The Balaban J connectivity index is 1.28. The van der Waals surface area contributed by atoms with Crippen molar-refractivity contribution in [1.29, 1.82) is 0 Å². The molecule has 44 heavy (non-hydrogen) atoms. The normalized spacial score (nSPS) is 18.2. The molecule has 0 spiro atoms. The molecular formula is C31H41N9O3S. The number of benzene rings is 1. The molecule has 5 heterocycles. The molecule has 13 heteroatoms. The molecule has 1 atom stereocenters. The average Bonchev–Trinajstić information content (AvgIpc) is 3.57. The summed E-state index contributed by atoms with van der Waals surface area (Å²) < 4.78 is 23.3. The molecule has 2 fully saturated rings. The van der Waals surface area contributed by atoms with Crippen LogP contribution in [-0.4, -0.2) is 85.0 Å². The molecular weight excluding hydrogens is 578 g/mol. The van der Waals surface area contributed by atoms with Crippen molar-refractivity contribution < 1.29 is 9.11 Å². The predicted molar refractivity (Wildman–Crippen MR) is 178 cm³/mol. The van der Waals surface area contributed by atoms with Crippen molar-refractivity contribution in [3.05, 3.63) is 70.8 Å². The zero-order valence-corrected chi connectivity index (χ0v) is 26.0. The Morgan fingerprint density at radius 3 is 2.43 bits per heavy atom. The van der Waals surface area contributed by atoms with Gasteiger partial charge < -0.3 is 21.3 Å². The van der Waals surface area contributed by atoms with Gasteiger partial charge in [-0.3, -0.25) is 23.5 Å². The van der Waals surface area contributed by atoms with Crippen LogP contribution < -0.4 is 26.8 Å². The second-order valence-electron chi connectivity index (χ2n) is 11.7. The van der Waals surface area contributed by atoms with Crippen LogP contribution in [0.3, 0.4) is 0 Å². The number of likely N-dealkylation sites (N-methyl/N-ethyl adjacent to an activating group) is 1. The molecule has 2 saturated heterocycles. The largest absolute Gasteiger partial charge is 0.382 e. The van der Waals surface area contributed by atoms with E-state index in [1.165, 1.54) is 10.6 Å². The number of anilines is 3. The van der Waals surface area contributed by atoms with Gasteiger partial charge in [-0.25, -0.2) is 9.29 Å². The second kappa shape index (κ2) is 13.2. The first-order valence-corrected chi connectivity index (χ1v) is 17.0. The number of nitrogens with one attached hydrogen (secondary N) is 4. The number of fused-ring (bicyclic) bond motifs is 1. The Hall–Kier alpha value is -3.59. The molecule has 3 aromatic heterocycles. The zero-order chi connectivity index (χ0) is 30.7. The number of rotatable bonds is 10. The molecule has 0 saturated carbocycles. The zero-order valence-electron chi connectivity index (χ0n) is 25.2. The number of hydrogen-bond acceptors (Lipinski definition) is 11. The van der Waals surface area contributed by atoms with Crippen molar-refractivity contribution >= 4 is 39.1 Å². The van der Waals surface area contributed by atoms with Crippen molar-refractivity contribution in [3.8, 4) is 11.3 Å². The minimum atomic E-state index is -2.93. The summed E-state index contributed by atoms with van der Waals surface area (Å²) in [6.07, 6.45) is 8.19. The van der Waals surface area contributed by atoms with Gasteiger partial charge in [0.25, 0.3) is 5.56 Å². The number of hydrogen-bond donors (Lipinski definition) is 6. The molecule has 4 aromatic rings. The highest BCUT2D eigenvalue weighted by Crippen LogP contribution is 2.36. The Bertz CT molecular complexity index is 1630. The lowest BCUT2D eigenvalue weighted by atomic mass is 9.99. The van der Waals surface area contributed by atoms with Crippen LogP contribution in [0.4, 0.5) is 17.3 Å². The Kier molecular flexibility index (Phi) is 9.12. The van der Waals surface area contributed by atoms with E-state index in [2.05, 4.69) is 31.2 Å². The summed E-state index contributed by atoms with van der Waals surface area (Å²) in [5.74, 6) is 0.786. The summed E-state index contributed by atoms with van der Waals surface area (Å²) in [5, 5.41) is 14.3. The molecule has 1 unspecified atom stereocenters. The van der Waals surface area contributed by atoms with E-state index < -0.39 is 10.8 Å². The van der Waals surface area contributed by atoms with Gasteiger partial charge in [-0.1, -0.05) is 6.07 Å². The van der Waals surface area contributed by atoms with E-state index in [4.69, 9.17) is 4.98 Å². The highest BCUT2D eigenvalue weighted by atomic mass is 32.3. The van der Waals surface area contributed by atoms with Gasteiger partial charge in [0.05, 0.1) is 11.3 Å². The topological polar surface area (TPSA) is 152 Å². The first kappa shape index (κ1) is 30.4. The second-order valence-corrected chi connectivity index (χ2v) is 13.9. The van der Waals surface area contributed by atoms with Crippen LogP contribution in [0.5, 0.6) is 0 Å². The van der Waals surface area contributed by atoms with E-state index >= 15 is 0 Å². The lowest BCUT2D eigenvalue weighted by molar-refractivity contribution is 0.379. The molecule has 2 aliphatic heterocycles. The van der Waals surface area contributed by atoms with Crippen LogP contribution in [0.1, 0.15) is 30.7 Å². The van der Waals surface area contributed by atoms with Crippen LogP contribution >= 0.6 is 10.8 Å². The van der Waals surface area contributed by atoms with Crippen LogP contribution in [0.25, 0.3) is 22.3 Å². The molecule has 12 nitrogen and oxygen atoms in total. The molecule has 0 aliphatic carbocycles. The Morgan fingerprint density at radius 1 is 1.00 bits per heavy atom.